The zero-order valence-electron chi connectivity index (χ0n) is 14.4. The van der Waals surface area contributed by atoms with Crippen LogP contribution in [0.1, 0.15) is 17.5 Å². The van der Waals surface area contributed by atoms with Crippen LogP contribution >= 0.6 is 33.9 Å². The lowest BCUT2D eigenvalue weighted by molar-refractivity contribution is 0.0998. The lowest BCUT2D eigenvalue weighted by Gasteiger charge is -2.02. The highest BCUT2D eigenvalue weighted by Gasteiger charge is 2.16. The minimum atomic E-state index is -0.336. The van der Waals surface area contributed by atoms with Gasteiger partial charge in [-0.1, -0.05) is 24.3 Å². The van der Waals surface area contributed by atoms with Crippen LogP contribution in [0.4, 0.5) is 5.13 Å². The van der Waals surface area contributed by atoms with Crippen LogP contribution < -0.4 is 10.1 Å². The van der Waals surface area contributed by atoms with E-state index in [0.29, 0.717) is 23.1 Å². The summed E-state index contributed by atoms with van der Waals surface area (Å²) in [5, 5.41) is 6.08. The predicted molar refractivity (Wildman–Crippen MR) is 116 cm³/mol. The molecule has 2 heterocycles. The molecule has 2 aromatic carbocycles. The summed E-state index contributed by atoms with van der Waals surface area (Å²) in [4.78, 5) is 17.1. The van der Waals surface area contributed by atoms with E-state index >= 15 is 0 Å². The van der Waals surface area contributed by atoms with Gasteiger partial charge in [0.05, 0.1) is 12.3 Å². The molecule has 0 unspecified atom stereocenters. The fourth-order valence-electron chi connectivity index (χ4n) is 2.66. The number of rotatable bonds is 5. The first-order valence-electron chi connectivity index (χ1n) is 8.32. The number of aromatic nitrogens is 1. The second-order valence-electron chi connectivity index (χ2n) is 5.72. The van der Waals surface area contributed by atoms with Gasteiger partial charge in [0.1, 0.15) is 0 Å². The van der Waals surface area contributed by atoms with E-state index in [1.165, 1.54) is 11.3 Å². The monoisotopic (exact) mass is 490 g/mol. The standard InChI is InChI=1S/C20H15IN2O3S/c1-2-25-16-5-3-4-13-10-17(26-18(13)16)19(24)23-20-22-15(11-27-20)12-6-8-14(21)9-7-12/h3-11H,2H2,1H3,(H,22,23,24). The van der Waals surface area contributed by atoms with Crippen molar-refractivity contribution in [3.8, 4) is 17.0 Å². The average Bonchev–Trinajstić information content (AvgIpc) is 3.30. The first kappa shape index (κ1) is 18.0. The Balaban J connectivity index is 1.55. The maximum Gasteiger partial charge on any atom is 0.293 e. The quantitative estimate of drug-likeness (QED) is 0.359. The number of carbonyl (C=O) groups excluding carboxylic acids is 1. The molecular weight excluding hydrogens is 475 g/mol. The van der Waals surface area contributed by atoms with Crippen molar-refractivity contribution in [3.05, 3.63) is 63.2 Å². The molecule has 136 valence electrons. The van der Waals surface area contributed by atoms with Gasteiger partial charge in [0.2, 0.25) is 0 Å². The molecule has 0 radical (unpaired) electrons. The molecule has 4 rings (SSSR count). The number of hydrogen-bond acceptors (Lipinski definition) is 5. The Morgan fingerprint density at radius 1 is 1.26 bits per heavy atom. The molecule has 4 aromatic rings. The van der Waals surface area contributed by atoms with E-state index in [2.05, 4.69) is 32.9 Å². The summed E-state index contributed by atoms with van der Waals surface area (Å²) in [5.74, 6) is 0.518. The summed E-state index contributed by atoms with van der Waals surface area (Å²) in [6.45, 7) is 2.44. The number of nitrogens with zero attached hydrogens (tertiary/aromatic N) is 1. The van der Waals surface area contributed by atoms with Gasteiger partial charge in [0, 0.05) is 19.9 Å². The van der Waals surface area contributed by atoms with E-state index in [-0.39, 0.29) is 11.7 Å². The van der Waals surface area contributed by atoms with Crippen LogP contribution in [0.3, 0.4) is 0 Å². The van der Waals surface area contributed by atoms with E-state index in [4.69, 9.17) is 9.15 Å². The zero-order valence-corrected chi connectivity index (χ0v) is 17.3. The summed E-state index contributed by atoms with van der Waals surface area (Å²) < 4.78 is 12.4. The van der Waals surface area contributed by atoms with Gasteiger partial charge < -0.3 is 9.15 Å². The van der Waals surface area contributed by atoms with Gasteiger partial charge in [-0.25, -0.2) is 4.98 Å². The number of amides is 1. The number of hydrogen-bond donors (Lipinski definition) is 1. The number of benzene rings is 2. The Morgan fingerprint density at radius 3 is 2.85 bits per heavy atom. The average molecular weight is 490 g/mol. The largest absolute Gasteiger partial charge is 0.490 e. The van der Waals surface area contributed by atoms with E-state index < -0.39 is 0 Å². The SMILES string of the molecule is CCOc1cccc2cc(C(=O)Nc3nc(-c4ccc(I)cc4)cs3)oc12. The van der Waals surface area contributed by atoms with Crippen LogP contribution in [-0.2, 0) is 0 Å². The van der Waals surface area contributed by atoms with Crippen molar-refractivity contribution < 1.29 is 13.9 Å². The van der Waals surface area contributed by atoms with Crippen LogP contribution in [-0.4, -0.2) is 17.5 Å². The molecule has 0 fully saturated rings. The summed E-state index contributed by atoms with van der Waals surface area (Å²) in [6, 6.07) is 15.4. The summed E-state index contributed by atoms with van der Waals surface area (Å²) in [5.41, 5.74) is 2.41. The number of thiazole rings is 1. The topological polar surface area (TPSA) is 64.4 Å². The number of halogens is 1. The second kappa shape index (κ2) is 7.69. The zero-order chi connectivity index (χ0) is 18.8. The molecule has 0 saturated heterocycles. The molecule has 0 spiro atoms. The number of para-hydroxylation sites is 1. The van der Waals surface area contributed by atoms with E-state index in [0.717, 1.165) is 20.2 Å². The normalized spacial score (nSPS) is 10.9. The molecule has 2 aromatic heterocycles. The van der Waals surface area contributed by atoms with E-state index in [1.54, 1.807) is 6.07 Å². The number of furan rings is 1. The fourth-order valence-corrected chi connectivity index (χ4v) is 3.73. The highest BCUT2D eigenvalue weighted by atomic mass is 127. The maximum absolute atomic E-state index is 12.6. The van der Waals surface area contributed by atoms with Crippen molar-refractivity contribution in [1.29, 1.82) is 0 Å². The van der Waals surface area contributed by atoms with Crippen LogP contribution in [0.5, 0.6) is 5.75 Å². The smallest absolute Gasteiger partial charge is 0.293 e. The third kappa shape index (κ3) is 3.84. The number of ether oxygens (including phenoxy) is 1. The number of carbonyl (C=O) groups is 1. The van der Waals surface area contributed by atoms with Crippen LogP contribution in [0, 0.1) is 3.57 Å². The van der Waals surface area contributed by atoms with Crippen LogP contribution in [0.2, 0.25) is 0 Å². The van der Waals surface area contributed by atoms with Crippen molar-refractivity contribution in [1.82, 2.24) is 4.98 Å². The highest BCUT2D eigenvalue weighted by Crippen LogP contribution is 2.30. The highest BCUT2D eigenvalue weighted by molar-refractivity contribution is 14.1. The minimum absolute atomic E-state index is 0.225. The van der Waals surface area contributed by atoms with Crippen LogP contribution in [0.25, 0.3) is 22.2 Å². The molecule has 5 nitrogen and oxygen atoms in total. The molecule has 0 saturated carbocycles. The van der Waals surface area contributed by atoms with Crippen LogP contribution in [0.15, 0.2) is 58.3 Å². The number of nitrogens with one attached hydrogen (secondary N) is 1. The summed E-state index contributed by atoms with van der Waals surface area (Å²) >= 11 is 3.64. The Bertz CT molecular complexity index is 1100. The minimum Gasteiger partial charge on any atom is -0.490 e. The van der Waals surface area contributed by atoms with Gasteiger partial charge in [-0.2, -0.15) is 0 Å². The first-order chi connectivity index (χ1) is 13.1. The Labute approximate surface area is 173 Å². The van der Waals surface area contributed by atoms with Gasteiger partial charge in [-0.15, -0.1) is 11.3 Å². The molecule has 0 aliphatic carbocycles. The Kier molecular flexibility index (Phi) is 5.13. The molecule has 1 amide bonds. The van der Waals surface area contributed by atoms with E-state index in [1.807, 2.05) is 54.8 Å². The van der Waals surface area contributed by atoms with Gasteiger partial charge in [0.15, 0.2) is 22.2 Å². The van der Waals surface area contributed by atoms with E-state index in [9.17, 15) is 4.79 Å². The number of anilines is 1. The van der Waals surface area contributed by atoms with Gasteiger partial charge in [-0.3, -0.25) is 10.1 Å². The molecular formula is C20H15IN2O3S. The molecule has 0 aliphatic heterocycles. The lowest BCUT2D eigenvalue weighted by atomic mass is 10.2. The third-order valence-electron chi connectivity index (χ3n) is 3.90. The Morgan fingerprint density at radius 2 is 2.07 bits per heavy atom. The van der Waals surface area contributed by atoms with Gasteiger partial charge >= 0.3 is 0 Å². The molecule has 0 atom stereocenters. The van der Waals surface area contributed by atoms with Gasteiger partial charge in [0.25, 0.3) is 5.91 Å². The second-order valence-corrected chi connectivity index (χ2v) is 7.82. The van der Waals surface area contributed by atoms with Crippen molar-refractivity contribution in [2.45, 2.75) is 6.92 Å². The molecule has 0 bridgehead atoms. The molecule has 0 aliphatic rings. The third-order valence-corrected chi connectivity index (χ3v) is 5.37. The molecule has 7 heteroatoms. The van der Waals surface area contributed by atoms with Crippen molar-refractivity contribution in [3.63, 3.8) is 0 Å². The predicted octanol–water partition coefficient (Wildman–Crippen LogP) is 5.81. The molecule has 1 N–H and O–H groups in total. The van der Waals surface area contributed by atoms with Crippen molar-refractivity contribution >= 4 is 55.9 Å². The fraction of sp³-hybridized carbons (Fsp3) is 0.100. The summed E-state index contributed by atoms with van der Waals surface area (Å²) in [6.07, 6.45) is 0. The summed E-state index contributed by atoms with van der Waals surface area (Å²) in [7, 11) is 0. The first-order valence-corrected chi connectivity index (χ1v) is 10.3. The van der Waals surface area contributed by atoms with Crippen molar-refractivity contribution in [2.24, 2.45) is 0 Å². The maximum atomic E-state index is 12.6. The number of fused-ring (bicyclic) bond motifs is 1. The van der Waals surface area contributed by atoms with Gasteiger partial charge in [-0.05, 0) is 53.8 Å². The van der Waals surface area contributed by atoms with Crippen molar-refractivity contribution in [2.75, 3.05) is 11.9 Å². The molecule has 27 heavy (non-hydrogen) atoms. The Hall–Kier alpha value is -2.39. The lowest BCUT2D eigenvalue weighted by Crippen LogP contribution is -2.10.